The molecule has 1 aromatic carbocycles. The van der Waals surface area contributed by atoms with Crippen LogP contribution in [0.15, 0.2) is 30.3 Å². The van der Waals surface area contributed by atoms with Crippen LogP contribution in [0.2, 0.25) is 0 Å². The Morgan fingerprint density at radius 2 is 1.67 bits per heavy atom. The number of benzene rings is 1. The molecule has 0 spiro atoms. The molecule has 4 rings (SSSR count). The smallest absolute Gasteiger partial charge is 0.242 e. The lowest BCUT2D eigenvalue weighted by Crippen LogP contribution is -2.53. The van der Waals surface area contributed by atoms with Gasteiger partial charge in [-0.15, -0.1) is 0 Å². The highest BCUT2D eigenvalue weighted by atomic mass is 16.5. The zero-order chi connectivity index (χ0) is 41.3. The minimum atomic E-state index is -0.432. The molecule has 0 radical (unpaired) electrons. The summed E-state index contributed by atoms with van der Waals surface area (Å²) in [4.78, 5) is 50.2. The average Bonchev–Trinajstić information content (AvgIpc) is 3.93. The predicted octanol–water partition coefficient (Wildman–Crippen LogP) is 5.23. The second kappa shape index (κ2) is 28.4. The molecule has 12 heteroatoms. The minimum Gasteiger partial charge on any atom is -0.383 e. The first-order valence-corrected chi connectivity index (χ1v) is 20.6. The summed E-state index contributed by atoms with van der Waals surface area (Å²) in [5, 5.41) is 8.70. The monoisotopic (exact) mass is 776 g/mol. The fraction of sp³-hybridized carbons (Fsp3) is 0.767. The van der Waals surface area contributed by atoms with Gasteiger partial charge >= 0.3 is 0 Å². The number of nitrogens with zero attached hydrogens (tertiary/aromatic N) is 2. The molecule has 0 aromatic heterocycles. The highest BCUT2D eigenvalue weighted by Crippen LogP contribution is 2.34. The van der Waals surface area contributed by atoms with E-state index in [0.717, 1.165) is 50.2 Å². The van der Waals surface area contributed by atoms with Crippen LogP contribution in [0.1, 0.15) is 105 Å². The molecule has 8 unspecified atom stereocenters. The van der Waals surface area contributed by atoms with Gasteiger partial charge in [0.15, 0.2) is 0 Å². The van der Waals surface area contributed by atoms with Crippen LogP contribution in [0.3, 0.4) is 0 Å². The number of likely N-dealkylation sites (N-methyl/N-ethyl adjacent to an activating group) is 1. The van der Waals surface area contributed by atoms with E-state index in [9.17, 15) is 19.2 Å². The van der Waals surface area contributed by atoms with E-state index in [4.69, 9.17) is 14.2 Å². The van der Waals surface area contributed by atoms with Crippen molar-refractivity contribution in [3.05, 3.63) is 35.9 Å². The Morgan fingerprint density at radius 3 is 2.13 bits per heavy atom. The van der Waals surface area contributed by atoms with Crippen LogP contribution in [0.4, 0.5) is 0 Å². The maximum Gasteiger partial charge on any atom is 0.242 e. The quantitative estimate of drug-likeness (QED) is 0.163. The van der Waals surface area contributed by atoms with Gasteiger partial charge in [0.25, 0.3) is 0 Å². The molecule has 12 nitrogen and oxygen atoms in total. The molecule has 9 atom stereocenters. The molecule has 2 heterocycles. The van der Waals surface area contributed by atoms with Crippen LogP contribution < -0.4 is 16.0 Å². The van der Waals surface area contributed by atoms with Crippen molar-refractivity contribution in [3.8, 4) is 0 Å². The first kappa shape index (κ1) is 50.0. The van der Waals surface area contributed by atoms with Crippen molar-refractivity contribution in [2.45, 2.75) is 149 Å². The van der Waals surface area contributed by atoms with Crippen LogP contribution in [-0.4, -0.2) is 125 Å². The second-order valence-electron chi connectivity index (χ2n) is 15.7. The number of hydrogen-bond donors (Lipinski definition) is 3. The standard InChI is InChI=1S/C22H41N3O5.C11H15NO2.C7H13N.C3H8/c1-8-16(4)21(24(5)20(28)13-23-14-26)18(29-6)12-19(27)25-11-9-10-17(25)22(30-7)15(2)3;1-14-8-11(12-9-13)7-10-5-3-2-4-6-10;1-5-6-2-3-7(4-6)8-5;1-3-2/h14-18,21-22H,8-13H2,1-7H3,(H,23,26);2-6,9,11H,7-8H2,1H3,(H,12,13);5-8H,2-4H2,1H3;3H2,1-2H3/t;11-;;/m.0../s1. The summed E-state index contributed by atoms with van der Waals surface area (Å²) in [7, 11) is 6.63. The van der Waals surface area contributed by atoms with Crippen molar-refractivity contribution < 1.29 is 33.4 Å². The normalized spacial score (nSPS) is 22.3. The van der Waals surface area contributed by atoms with Crippen molar-refractivity contribution in [3.63, 3.8) is 0 Å². The lowest BCUT2D eigenvalue weighted by atomic mass is 9.90. The van der Waals surface area contributed by atoms with Gasteiger partial charge < -0.3 is 40.0 Å². The number of likely N-dealkylation sites (tertiary alicyclic amines) is 1. The summed E-state index contributed by atoms with van der Waals surface area (Å²) in [6.45, 7) is 16.1. The van der Waals surface area contributed by atoms with Crippen LogP contribution in [0, 0.1) is 17.8 Å². The lowest BCUT2D eigenvalue weighted by Gasteiger charge is -2.39. The number of fused-ring (bicyclic) bond motifs is 2. The molecule has 55 heavy (non-hydrogen) atoms. The molecule has 3 aliphatic rings. The first-order valence-electron chi connectivity index (χ1n) is 20.6. The summed E-state index contributed by atoms with van der Waals surface area (Å²) in [6.07, 6.45) is 10.2. The van der Waals surface area contributed by atoms with E-state index >= 15 is 0 Å². The Hall–Kier alpha value is -3.06. The molecule has 4 amide bonds. The Balaban J connectivity index is 0.000000487. The average molecular weight is 776 g/mol. The molecule has 2 saturated heterocycles. The van der Waals surface area contributed by atoms with E-state index in [-0.39, 0.29) is 54.9 Å². The van der Waals surface area contributed by atoms with E-state index in [2.05, 4.69) is 64.4 Å². The molecule has 1 saturated carbocycles. The molecule has 2 aliphatic heterocycles. The van der Waals surface area contributed by atoms with E-state index in [1.165, 1.54) is 31.2 Å². The summed E-state index contributed by atoms with van der Waals surface area (Å²) >= 11 is 0. The highest BCUT2D eigenvalue weighted by Gasteiger charge is 2.40. The molecular weight excluding hydrogens is 699 g/mol. The summed E-state index contributed by atoms with van der Waals surface area (Å²) in [5.41, 5.74) is 1.20. The Morgan fingerprint density at radius 1 is 1.00 bits per heavy atom. The van der Waals surface area contributed by atoms with Gasteiger partial charge in [0.05, 0.1) is 49.9 Å². The number of piperidine rings is 1. The summed E-state index contributed by atoms with van der Waals surface area (Å²) in [6, 6.07) is 11.6. The van der Waals surface area contributed by atoms with Gasteiger partial charge in [0, 0.05) is 47.0 Å². The number of ether oxygens (including phenoxy) is 3. The Labute approximate surface area is 333 Å². The predicted molar refractivity (Wildman–Crippen MR) is 221 cm³/mol. The van der Waals surface area contributed by atoms with E-state index < -0.39 is 6.10 Å². The fourth-order valence-corrected chi connectivity index (χ4v) is 8.10. The summed E-state index contributed by atoms with van der Waals surface area (Å²) in [5.74, 6) is 1.30. The zero-order valence-electron chi connectivity index (χ0n) is 36.1. The number of rotatable bonds is 19. The second-order valence-corrected chi connectivity index (χ2v) is 15.7. The molecule has 2 bridgehead atoms. The maximum atomic E-state index is 13.3. The number of nitrogens with one attached hydrogen (secondary N) is 3. The fourth-order valence-electron chi connectivity index (χ4n) is 8.10. The van der Waals surface area contributed by atoms with Gasteiger partial charge in [0.2, 0.25) is 24.6 Å². The van der Waals surface area contributed by atoms with Gasteiger partial charge in [-0.05, 0) is 68.8 Å². The van der Waals surface area contributed by atoms with Crippen molar-refractivity contribution in [1.82, 2.24) is 25.8 Å². The van der Waals surface area contributed by atoms with Crippen LogP contribution in [-0.2, 0) is 39.8 Å². The number of amides is 4. The Kier molecular flexibility index (Phi) is 25.8. The Bertz CT molecular complexity index is 1190. The van der Waals surface area contributed by atoms with Gasteiger partial charge in [-0.3, -0.25) is 19.2 Å². The van der Waals surface area contributed by atoms with Crippen molar-refractivity contribution in [1.29, 1.82) is 0 Å². The van der Waals surface area contributed by atoms with E-state index in [1.807, 2.05) is 35.2 Å². The van der Waals surface area contributed by atoms with Crippen LogP contribution in [0.25, 0.3) is 0 Å². The van der Waals surface area contributed by atoms with Crippen molar-refractivity contribution in [2.75, 3.05) is 48.1 Å². The zero-order valence-corrected chi connectivity index (χ0v) is 36.1. The largest absolute Gasteiger partial charge is 0.383 e. The number of carbonyl (C=O) groups excluding carboxylic acids is 4. The number of methoxy groups -OCH3 is 3. The molecule has 1 aliphatic carbocycles. The van der Waals surface area contributed by atoms with E-state index in [0.29, 0.717) is 25.3 Å². The molecular formula is C43H77N5O7. The molecule has 3 fully saturated rings. The third-order valence-corrected chi connectivity index (χ3v) is 11.1. The molecule has 1 aromatic rings. The van der Waals surface area contributed by atoms with Gasteiger partial charge in [-0.25, -0.2) is 0 Å². The van der Waals surface area contributed by atoms with Gasteiger partial charge in [-0.2, -0.15) is 0 Å². The summed E-state index contributed by atoms with van der Waals surface area (Å²) < 4.78 is 16.5. The van der Waals surface area contributed by atoms with Crippen LogP contribution >= 0.6 is 0 Å². The van der Waals surface area contributed by atoms with Crippen molar-refractivity contribution in [2.24, 2.45) is 17.8 Å². The molecule has 3 N–H and O–H groups in total. The SMILES string of the molecule is CC1NC2CCC1C2.CCC.CCC(C)C(C(CC(=O)N1CCCC1C(OC)C(C)C)OC)N(C)C(=O)CNC=O.COC[C@H](Cc1ccccc1)NC=O. The highest BCUT2D eigenvalue weighted by molar-refractivity contribution is 5.81. The van der Waals surface area contributed by atoms with Crippen molar-refractivity contribution >= 4 is 24.6 Å². The third-order valence-electron chi connectivity index (χ3n) is 11.1. The number of carbonyl (C=O) groups is 4. The van der Waals surface area contributed by atoms with Gasteiger partial charge in [0.1, 0.15) is 0 Å². The third kappa shape index (κ3) is 17.3. The minimum absolute atomic E-state index is 0.00137. The van der Waals surface area contributed by atoms with E-state index in [1.54, 1.807) is 33.3 Å². The lowest BCUT2D eigenvalue weighted by molar-refractivity contribution is -0.144. The topological polar surface area (TPSA) is 139 Å². The first-order chi connectivity index (χ1) is 26.4. The number of hydrogen-bond acceptors (Lipinski definition) is 8. The molecule has 316 valence electrons. The van der Waals surface area contributed by atoms with Crippen LogP contribution in [0.5, 0.6) is 0 Å². The van der Waals surface area contributed by atoms with Gasteiger partial charge in [-0.1, -0.05) is 84.7 Å². The maximum absolute atomic E-state index is 13.3.